The van der Waals surface area contributed by atoms with E-state index >= 15 is 0 Å². The lowest BCUT2D eigenvalue weighted by Gasteiger charge is -2.44. The summed E-state index contributed by atoms with van der Waals surface area (Å²) in [5.74, 6) is 1.20. The summed E-state index contributed by atoms with van der Waals surface area (Å²) in [5, 5.41) is 0.933. The van der Waals surface area contributed by atoms with E-state index in [2.05, 4.69) is 11.5 Å². The summed E-state index contributed by atoms with van der Waals surface area (Å²) >= 11 is 8.06. The lowest BCUT2D eigenvalue weighted by molar-refractivity contribution is -0.148. The first-order chi connectivity index (χ1) is 14.7. The highest BCUT2D eigenvalue weighted by Crippen LogP contribution is 2.41. The van der Waals surface area contributed by atoms with Crippen molar-refractivity contribution in [3.05, 3.63) is 83.9 Å². The molecule has 3 aromatic carbocycles. The predicted octanol–water partition coefficient (Wildman–Crippen LogP) is 4.93. The first kappa shape index (κ1) is 19.0. The second-order valence-corrected chi connectivity index (χ2v) is 8.52. The number of benzene rings is 3. The van der Waals surface area contributed by atoms with E-state index in [9.17, 15) is 4.79 Å². The van der Waals surface area contributed by atoms with Crippen LogP contribution < -0.4 is 10.2 Å². The number of aliphatic imine (C=N–C) groups is 1. The number of amides is 1. The molecule has 5 rings (SSSR count). The average molecular weight is 436 g/mol. The normalized spacial score (nSPS) is 19.7. The highest BCUT2D eigenvalue weighted by Gasteiger charge is 2.48. The molecular formula is C23H18ClN3O2S. The van der Waals surface area contributed by atoms with Gasteiger partial charge in [-0.25, -0.2) is 10.0 Å². The Kier molecular flexibility index (Phi) is 4.89. The van der Waals surface area contributed by atoms with Crippen LogP contribution in [0.5, 0.6) is 5.75 Å². The Morgan fingerprint density at radius 2 is 1.70 bits per heavy atom. The van der Waals surface area contributed by atoms with E-state index in [4.69, 9.17) is 21.3 Å². The molecule has 0 saturated carbocycles. The SMILES string of the molecule is COc1ccc([C@@H]2[C@@H](Cl)C(=O)N2NC2=Nc3ccccc3Sc3ccccc32)cc1. The monoisotopic (exact) mass is 435 g/mol. The summed E-state index contributed by atoms with van der Waals surface area (Å²) in [5.41, 5.74) is 5.99. The number of rotatable bonds is 3. The van der Waals surface area contributed by atoms with Crippen molar-refractivity contribution in [2.45, 2.75) is 21.2 Å². The molecule has 3 aromatic rings. The number of carbonyl (C=O) groups is 1. The summed E-state index contributed by atoms with van der Waals surface area (Å²) in [4.78, 5) is 19.6. The average Bonchev–Trinajstić information content (AvgIpc) is 2.95. The van der Waals surface area contributed by atoms with Crippen LogP contribution in [0, 0.1) is 0 Å². The number of hydrazine groups is 1. The highest BCUT2D eigenvalue weighted by molar-refractivity contribution is 7.99. The fraction of sp³-hybridized carbons (Fsp3) is 0.130. The zero-order chi connectivity index (χ0) is 20.7. The van der Waals surface area contributed by atoms with Crippen molar-refractivity contribution in [1.82, 2.24) is 10.4 Å². The van der Waals surface area contributed by atoms with E-state index in [-0.39, 0.29) is 11.9 Å². The molecule has 2 heterocycles. The van der Waals surface area contributed by atoms with Gasteiger partial charge in [-0.15, -0.1) is 11.6 Å². The Labute approximate surface area is 183 Å². The topological polar surface area (TPSA) is 53.9 Å². The number of hydrogen-bond donors (Lipinski definition) is 1. The molecule has 0 unspecified atom stereocenters. The number of nitrogens with one attached hydrogen (secondary N) is 1. The van der Waals surface area contributed by atoms with Crippen LogP contribution in [-0.2, 0) is 4.79 Å². The number of carbonyl (C=O) groups excluding carboxylic acids is 1. The standard InChI is InChI=1S/C23H18ClN3O2S/c1-29-15-12-10-14(11-13-15)21-20(24)23(28)27(21)26-22-16-6-2-4-8-18(16)30-19-9-5-3-7-17(19)25-22/h2-13,20-21H,1H3,(H,25,26)/t20-,21-/m1/s1. The number of hydrogen-bond acceptors (Lipinski definition) is 5. The third kappa shape index (κ3) is 3.22. The van der Waals surface area contributed by atoms with Crippen LogP contribution in [-0.4, -0.2) is 29.2 Å². The molecule has 0 aromatic heterocycles. The molecule has 150 valence electrons. The number of β-lactam (4-membered cyclic amide) rings is 1. The van der Waals surface area contributed by atoms with Gasteiger partial charge in [0.15, 0.2) is 5.84 Å². The zero-order valence-electron chi connectivity index (χ0n) is 16.1. The van der Waals surface area contributed by atoms with Crippen LogP contribution in [0.3, 0.4) is 0 Å². The maximum atomic E-state index is 12.6. The van der Waals surface area contributed by atoms with E-state index in [0.717, 1.165) is 32.4 Å². The molecule has 5 nitrogen and oxygen atoms in total. The van der Waals surface area contributed by atoms with Crippen LogP contribution >= 0.6 is 23.4 Å². The molecule has 0 radical (unpaired) electrons. The van der Waals surface area contributed by atoms with Crippen LogP contribution in [0.2, 0.25) is 0 Å². The van der Waals surface area contributed by atoms with Gasteiger partial charge in [-0.3, -0.25) is 10.2 Å². The Balaban J connectivity index is 1.51. The number of methoxy groups -OCH3 is 1. The molecule has 2 aliphatic rings. The molecule has 1 saturated heterocycles. The smallest absolute Gasteiger partial charge is 0.262 e. The van der Waals surface area contributed by atoms with E-state index in [1.54, 1.807) is 23.9 Å². The summed E-state index contributed by atoms with van der Waals surface area (Å²) < 4.78 is 5.23. The first-order valence-corrected chi connectivity index (χ1v) is 10.7. The molecule has 1 N–H and O–H groups in total. The van der Waals surface area contributed by atoms with E-state index < -0.39 is 5.38 Å². The van der Waals surface area contributed by atoms with E-state index in [0.29, 0.717) is 5.84 Å². The van der Waals surface area contributed by atoms with Crippen molar-refractivity contribution in [1.29, 1.82) is 0 Å². The number of amidine groups is 1. The minimum atomic E-state index is -0.630. The van der Waals surface area contributed by atoms with E-state index in [1.165, 1.54) is 0 Å². The minimum Gasteiger partial charge on any atom is -0.497 e. The molecule has 0 aliphatic carbocycles. The largest absolute Gasteiger partial charge is 0.497 e. The van der Waals surface area contributed by atoms with Crippen LogP contribution in [0.1, 0.15) is 17.2 Å². The number of ether oxygens (including phenoxy) is 1. The maximum absolute atomic E-state index is 12.6. The highest BCUT2D eigenvalue weighted by atomic mass is 35.5. The number of halogens is 1. The summed E-state index contributed by atoms with van der Waals surface area (Å²) in [6.07, 6.45) is 0. The molecule has 0 spiro atoms. The fourth-order valence-corrected chi connectivity index (χ4v) is 4.97. The molecule has 1 amide bonds. The van der Waals surface area contributed by atoms with Crippen LogP contribution in [0.4, 0.5) is 5.69 Å². The van der Waals surface area contributed by atoms with Crippen molar-refractivity contribution in [2.24, 2.45) is 4.99 Å². The van der Waals surface area contributed by atoms with Gasteiger partial charge in [-0.1, -0.05) is 54.2 Å². The number of para-hydroxylation sites is 1. The third-order valence-electron chi connectivity index (χ3n) is 5.17. The molecule has 0 bridgehead atoms. The first-order valence-electron chi connectivity index (χ1n) is 9.48. The fourth-order valence-electron chi connectivity index (χ4n) is 3.58. The summed E-state index contributed by atoms with van der Waals surface area (Å²) in [6, 6.07) is 23.3. The van der Waals surface area contributed by atoms with Crippen molar-refractivity contribution in [3.8, 4) is 5.75 Å². The molecular weight excluding hydrogens is 418 g/mol. The second kappa shape index (κ2) is 7.70. The maximum Gasteiger partial charge on any atom is 0.262 e. The van der Waals surface area contributed by atoms with Crippen molar-refractivity contribution in [2.75, 3.05) is 7.11 Å². The van der Waals surface area contributed by atoms with Crippen LogP contribution in [0.25, 0.3) is 0 Å². The summed E-state index contributed by atoms with van der Waals surface area (Å²) in [7, 11) is 1.62. The van der Waals surface area contributed by atoms with Gasteiger partial charge >= 0.3 is 0 Å². The van der Waals surface area contributed by atoms with Crippen molar-refractivity contribution < 1.29 is 9.53 Å². The Hall–Kier alpha value is -2.96. The molecule has 1 fully saturated rings. The lowest BCUT2D eigenvalue weighted by atomic mass is 9.95. The molecule has 2 atom stereocenters. The van der Waals surface area contributed by atoms with Gasteiger partial charge in [-0.05, 0) is 35.9 Å². The second-order valence-electron chi connectivity index (χ2n) is 6.97. The number of alkyl halides is 1. The minimum absolute atomic E-state index is 0.178. The summed E-state index contributed by atoms with van der Waals surface area (Å²) in [6.45, 7) is 0. The van der Waals surface area contributed by atoms with Gasteiger partial charge in [0.05, 0.1) is 12.8 Å². The van der Waals surface area contributed by atoms with Crippen molar-refractivity contribution >= 4 is 40.8 Å². The third-order valence-corrected chi connectivity index (χ3v) is 6.74. The number of nitrogens with zero attached hydrogens (tertiary/aromatic N) is 2. The van der Waals surface area contributed by atoms with Gasteiger partial charge in [0.25, 0.3) is 5.91 Å². The van der Waals surface area contributed by atoms with Crippen molar-refractivity contribution in [3.63, 3.8) is 0 Å². The quantitative estimate of drug-likeness (QED) is 0.468. The molecule has 30 heavy (non-hydrogen) atoms. The zero-order valence-corrected chi connectivity index (χ0v) is 17.7. The van der Waals surface area contributed by atoms with Gasteiger partial charge in [0, 0.05) is 15.4 Å². The Bertz CT molecular complexity index is 1150. The lowest BCUT2D eigenvalue weighted by Crippen LogP contribution is -2.63. The molecule has 7 heteroatoms. The molecule has 2 aliphatic heterocycles. The number of fused-ring (bicyclic) bond motifs is 2. The Morgan fingerprint density at radius 1 is 1.00 bits per heavy atom. The van der Waals surface area contributed by atoms with Gasteiger partial charge in [0.1, 0.15) is 17.2 Å². The van der Waals surface area contributed by atoms with Gasteiger partial charge in [-0.2, -0.15) is 0 Å². The Morgan fingerprint density at radius 3 is 2.47 bits per heavy atom. The van der Waals surface area contributed by atoms with Crippen LogP contribution in [0.15, 0.2) is 87.6 Å². The predicted molar refractivity (Wildman–Crippen MR) is 119 cm³/mol. The van der Waals surface area contributed by atoms with E-state index in [1.807, 2.05) is 66.7 Å². The van der Waals surface area contributed by atoms with Gasteiger partial charge in [0.2, 0.25) is 0 Å². The van der Waals surface area contributed by atoms with Gasteiger partial charge < -0.3 is 4.74 Å².